The van der Waals surface area contributed by atoms with E-state index in [-0.39, 0.29) is 6.61 Å². The van der Waals surface area contributed by atoms with Crippen LogP contribution in [0.3, 0.4) is 0 Å². The SMILES string of the molecule is CCc1cc(C#CCCO)ccc1NS(=O)(=O)C(C)C#N. The molecule has 0 amide bonds. The van der Waals surface area contributed by atoms with Crippen LogP contribution in [0.1, 0.15) is 31.4 Å². The molecular formula is C15H18N2O3S. The van der Waals surface area contributed by atoms with Gasteiger partial charge in [0, 0.05) is 12.0 Å². The zero-order chi connectivity index (χ0) is 15.9. The molecule has 1 rings (SSSR count). The number of nitrogens with one attached hydrogen (secondary N) is 1. The number of aryl methyl sites for hydroxylation is 1. The molecule has 0 radical (unpaired) electrons. The van der Waals surface area contributed by atoms with E-state index in [4.69, 9.17) is 10.4 Å². The van der Waals surface area contributed by atoms with Gasteiger partial charge in [0.25, 0.3) is 0 Å². The normalized spacial score (nSPS) is 11.9. The van der Waals surface area contributed by atoms with Crippen molar-refractivity contribution in [2.24, 2.45) is 0 Å². The Morgan fingerprint density at radius 2 is 2.14 bits per heavy atom. The van der Waals surface area contributed by atoms with E-state index in [1.807, 2.05) is 6.92 Å². The second-order valence-corrected chi connectivity index (χ2v) is 6.42. The highest BCUT2D eigenvalue weighted by Gasteiger charge is 2.20. The molecule has 0 saturated heterocycles. The van der Waals surface area contributed by atoms with Gasteiger partial charge in [0.05, 0.1) is 18.4 Å². The summed E-state index contributed by atoms with van der Waals surface area (Å²) in [4.78, 5) is 0. The van der Waals surface area contributed by atoms with Crippen molar-refractivity contribution in [2.45, 2.75) is 31.9 Å². The molecule has 0 fully saturated rings. The summed E-state index contributed by atoms with van der Waals surface area (Å²) in [5.74, 6) is 5.72. The molecule has 0 aromatic heterocycles. The Morgan fingerprint density at radius 1 is 1.43 bits per heavy atom. The number of aliphatic hydroxyl groups excluding tert-OH is 1. The van der Waals surface area contributed by atoms with Crippen molar-refractivity contribution in [1.82, 2.24) is 0 Å². The van der Waals surface area contributed by atoms with Crippen molar-refractivity contribution in [3.63, 3.8) is 0 Å². The topological polar surface area (TPSA) is 90.2 Å². The van der Waals surface area contributed by atoms with Gasteiger partial charge in [-0.15, -0.1) is 0 Å². The van der Waals surface area contributed by atoms with Gasteiger partial charge in [-0.2, -0.15) is 5.26 Å². The van der Waals surface area contributed by atoms with Crippen LogP contribution < -0.4 is 4.72 Å². The van der Waals surface area contributed by atoms with Crippen molar-refractivity contribution in [2.75, 3.05) is 11.3 Å². The number of nitriles is 1. The zero-order valence-corrected chi connectivity index (χ0v) is 12.9. The highest BCUT2D eigenvalue weighted by atomic mass is 32.2. The number of nitrogens with zero attached hydrogens (tertiary/aromatic N) is 1. The monoisotopic (exact) mass is 306 g/mol. The van der Waals surface area contributed by atoms with Gasteiger partial charge in [-0.25, -0.2) is 8.42 Å². The largest absolute Gasteiger partial charge is 0.395 e. The lowest BCUT2D eigenvalue weighted by Gasteiger charge is -2.13. The van der Waals surface area contributed by atoms with E-state index in [1.165, 1.54) is 6.92 Å². The van der Waals surface area contributed by atoms with Crippen LogP contribution in [0.5, 0.6) is 0 Å². The molecule has 6 heteroatoms. The van der Waals surface area contributed by atoms with E-state index >= 15 is 0 Å². The summed E-state index contributed by atoms with van der Waals surface area (Å²) in [6, 6.07) is 6.87. The summed E-state index contributed by atoms with van der Waals surface area (Å²) >= 11 is 0. The highest BCUT2D eigenvalue weighted by Crippen LogP contribution is 2.20. The standard InChI is InChI=1S/C15H18N2O3S/c1-3-14-10-13(6-4-5-9-18)7-8-15(14)17-21(19,20)12(2)11-16/h7-8,10,12,17-18H,3,5,9H2,1-2H3. The average Bonchev–Trinajstić information content (AvgIpc) is 2.47. The maximum absolute atomic E-state index is 11.9. The first-order valence-electron chi connectivity index (χ1n) is 6.58. The van der Waals surface area contributed by atoms with Crippen LogP contribution in [0, 0.1) is 23.2 Å². The van der Waals surface area contributed by atoms with Gasteiger partial charge >= 0.3 is 0 Å². The van der Waals surface area contributed by atoms with Crippen molar-refractivity contribution in [3.8, 4) is 17.9 Å². The molecular weight excluding hydrogens is 288 g/mol. The lowest BCUT2D eigenvalue weighted by Crippen LogP contribution is -2.24. The molecule has 112 valence electrons. The van der Waals surface area contributed by atoms with Crippen molar-refractivity contribution in [1.29, 1.82) is 5.26 Å². The smallest absolute Gasteiger partial charge is 0.248 e. The molecule has 0 spiro atoms. The Labute approximate surface area is 125 Å². The summed E-state index contributed by atoms with van der Waals surface area (Å²) in [5.41, 5.74) is 2.03. The zero-order valence-electron chi connectivity index (χ0n) is 12.0. The van der Waals surface area contributed by atoms with E-state index in [0.717, 1.165) is 11.1 Å². The van der Waals surface area contributed by atoms with Crippen LogP contribution in [-0.4, -0.2) is 25.4 Å². The minimum absolute atomic E-state index is 0.0115. The second kappa shape index (κ2) is 7.68. The second-order valence-electron chi connectivity index (χ2n) is 4.42. The molecule has 0 aliphatic heterocycles. The number of benzene rings is 1. The van der Waals surface area contributed by atoms with E-state index in [0.29, 0.717) is 18.5 Å². The molecule has 0 saturated carbocycles. The van der Waals surface area contributed by atoms with Gasteiger partial charge in [0.15, 0.2) is 5.25 Å². The molecule has 0 aliphatic carbocycles. The molecule has 21 heavy (non-hydrogen) atoms. The van der Waals surface area contributed by atoms with E-state index in [2.05, 4.69) is 16.6 Å². The molecule has 5 nitrogen and oxygen atoms in total. The molecule has 1 atom stereocenters. The van der Waals surface area contributed by atoms with Crippen LogP contribution in [0.15, 0.2) is 18.2 Å². The van der Waals surface area contributed by atoms with Gasteiger partial charge in [0.2, 0.25) is 10.0 Å². The Balaban J connectivity index is 3.06. The third-order valence-corrected chi connectivity index (χ3v) is 4.40. The predicted octanol–water partition coefficient (Wildman–Crippen LogP) is 1.64. The van der Waals surface area contributed by atoms with Gasteiger partial charge in [-0.1, -0.05) is 18.8 Å². The summed E-state index contributed by atoms with van der Waals surface area (Å²) < 4.78 is 26.3. The van der Waals surface area contributed by atoms with Crippen LogP contribution >= 0.6 is 0 Å². The quantitative estimate of drug-likeness (QED) is 0.809. The van der Waals surface area contributed by atoms with Crippen LogP contribution in [0.2, 0.25) is 0 Å². The first kappa shape index (κ1) is 17.0. The number of hydrogen-bond acceptors (Lipinski definition) is 4. The van der Waals surface area contributed by atoms with Gasteiger partial charge in [-0.05, 0) is 37.1 Å². The first-order valence-corrected chi connectivity index (χ1v) is 8.13. The molecule has 1 unspecified atom stereocenters. The Bertz CT molecular complexity index is 694. The third kappa shape index (κ3) is 4.78. The molecule has 1 aromatic rings. The summed E-state index contributed by atoms with van der Waals surface area (Å²) in [5, 5.41) is 16.3. The number of rotatable bonds is 5. The van der Waals surface area contributed by atoms with Gasteiger partial charge in [-0.3, -0.25) is 4.72 Å². The van der Waals surface area contributed by atoms with E-state index < -0.39 is 15.3 Å². The van der Waals surface area contributed by atoms with Crippen LogP contribution in [0.25, 0.3) is 0 Å². The number of hydrogen-bond donors (Lipinski definition) is 2. The van der Waals surface area contributed by atoms with Gasteiger partial charge in [0.1, 0.15) is 0 Å². The fourth-order valence-corrected chi connectivity index (χ4v) is 2.42. The Morgan fingerprint density at radius 3 is 2.71 bits per heavy atom. The number of aliphatic hydroxyl groups is 1. The van der Waals surface area contributed by atoms with Crippen molar-refractivity contribution >= 4 is 15.7 Å². The van der Waals surface area contributed by atoms with Crippen molar-refractivity contribution < 1.29 is 13.5 Å². The van der Waals surface area contributed by atoms with Crippen LogP contribution in [0.4, 0.5) is 5.69 Å². The summed E-state index contributed by atoms with van der Waals surface area (Å²) in [6.07, 6.45) is 1.03. The Kier molecular flexibility index (Phi) is 6.23. The average molecular weight is 306 g/mol. The maximum Gasteiger partial charge on any atom is 0.248 e. The molecule has 2 N–H and O–H groups in total. The minimum atomic E-state index is -3.71. The number of anilines is 1. The molecule has 0 heterocycles. The van der Waals surface area contributed by atoms with Crippen LogP contribution in [-0.2, 0) is 16.4 Å². The summed E-state index contributed by atoms with van der Waals surface area (Å²) in [7, 11) is -3.71. The molecule has 0 aliphatic rings. The Hall–Kier alpha value is -2.02. The summed E-state index contributed by atoms with van der Waals surface area (Å²) in [6.45, 7) is 3.26. The van der Waals surface area contributed by atoms with Gasteiger partial charge < -0.3 is 5.11 Å². The number of sulfonamides is 1. The fraction of sp³-hybridized carbons (Fsp3) is 0.400. The van der Waals surface area contributed by atoms with Crippen molar-refractivity contribution in [3.05, 3.63) is 29.3 Å². The van der Waals surface area contributed by atoms with E-state index in [1.54, 1.807) is 24.3 Å². The predicted molar refractivity (Wildman–Crippen MR) is 82.0 cm³/mol. The van der Waals surface area contributed by atoms with E-state index in [9.17, 15) is 8.42 Å². The fourth-order valence-electron chi connectivity index (χ4n) is 1.60. The molecule has 1 aromatic carbocycles. The lowest BCUT2D eigenvalue weighted by molar-refractivity contribution is 0.305. The highest BCUT2D eigenvalue weighted by molar-refractivity contribution is 7.93. The minimum Gasteiger partial charge on any atom is -0.395 e. The maximum atomic E-state index is 11.9. The lowest BCUT2D eigenvalue weighted by atomic mass is 10.1. The first-order chi connectivity index (χ1) is 9.94. The molecule has 0 bridgehead atoms. The third-order valence-electron chi connectivity index (χ3n) is 2.86.